The highest BCUT2D eigenvalue weighted by atomic mass is 28.1. The second-order valence-electron chi connectivity index (χ2n) is 2.78. The van der Waals surface area contributed by atoms with Crippen molar-refractivity contribution in [1.82, 2.24) is 0 Å². The first-order chi connectivity index (χ1) is 5.65. The Morgan fingerprint density at radius 3 is 2.50 bits per heavy atom. The number of benzene rings is 1. The normalized spacial score (nSPS) is 9.67. The van der Waals surface area contributed by atoms with Crippen LogP contribution in [-0.2, 0) is 0 Å². The van der Waals surface area contributed by atoms with Gasteiger partial charge in [0, 0.05) is 14.1 Å². The molecule has 0 heterocycles. The highest BCUT2D eigenvalue weighted by molar-refractivity contribution is 6.32. The summed E-state index contributed by atoms with van der Waals surface area (Å²) in [5.74, 6) is 0.891. The van der Waals surface area contributed by atoms with Crippen LogP contribution in [0.4, 0.5) is 5.69 Å². The van der Waals surface area contributed by atoms with Gasteiger partial charge in [0.25, 0.3) is 0 Å². The van der Waals surface area contributed by atoms with Gasteiger partial charge in [0.1, 0.15) is 5.75 Å². The Labute approximate surface area is 76.6 Å². The van der Waals surface area contributed by atoms with E-state index in [2.05, 4.69) is 10.2 Å². The second-order valence-corrected chi connectivity index (χ2v) is 3.36. The maximum absolute atomic E-state index is 5.20. The molecule has 2 nitrogen and oxygen atoms in total. The van der Waals surface area contributed by atoms with Crippen molar-refractivity contribution < 1.29 is 4.74 Å². The average Bonchev–Trinajstić information content (AvgIpc) is 2.04. The molecule has 0 aromatic heterocycles. The second kappa shape index (κ2) is 3.63. The summed E-state index contributed by atoms with van der Waals surface area (Å²) in [6.45, 7) is 0. The monoisotopic (exact) mass is 178 g/mol. The Morgan fingerprint density at radius 2 is 2.00 bits per heavy atom. The van der Waals surface area contributed by atoms with Crippen LogP contribution in [0, 0.1) is 0 Å². The zero-order chi connectivity index (χ0) is 9.14. The van der Waals surface area contributed by atoms with Crippen LogP contribution in [0.15, 0.2) is 18.2 Å². The van der Waals surface area contributed by atoms with Crippen LogP contribution in [0.2, 0.25) is 0 Å². The van der Waals surface area contributed by atoms with Gasteiger partial charge in [0.15, 0.2) is 0 Å². The molecule has 0 saturated carbocycles. The highest BCUT2D eigenvalue weighted by Gasteiger charge is 2.03. The smallest absolute Gasteiger partial charge is 0.142 e. The summed E-state index contributed by atoms with van der Waals surface area (Å²) >= 11 is 0. The zero-order valence-electron chi connectivity index (χ0n) is 7.59. The Hall–Kier alpha value is -0.963. The number of nitrogens with zero attached hydrogens (tertiary/aromatic N) is 1. The van der Waals surface area contributed by atoms with Gasteiger partial charge in [-0.2, -0.15) is 0 Å². The minimum atomic E-state index is 0.891. The molecule has 0 spiro atoms. The number of hydrogen-bond acceptors (Lipinski definition) is 2. The summed E-state index contributed by atoms with van der Waals surface area (Å²) < 4.78 is 5.20. The van der Waals surface area contributed by atoms with Crippen molar-refractivity contribution in [3.05, 3.63) is 18.2 Å². The Kier molecular flexibility index (Phi) is 2.76. The van der Waals surface area contributed by atoms with Crippen LogP contribution in [-0.4, -0.2) is 31.4 Å². The maximum atomic E-state index is 5.20. The van der Waals surface area contributed by atoms with Crippen molar-refractivity contribution in [2.45, 2.75) is 0 Å². The molecule has 3 heteroatoms. The zero-order valence-corrected chi connectivity index (χ0v) is 8.59. The predicted octanol–water partition coefficient (Wildman–Crippen LogP) is 0.555. The molecule has 0 saturated heterocycles. The van der Waals surface area contributed by atoms with Gasteiger partial charge in [0.2, 0.25) is 0 Å². The molecule has 0 N–H and O–H groups in total. The van der Waals surface area contributed by atoms with Crippen molar-refractivity contribution in [2.24, 2.45) is 0 Å². The molecule has 1 rings (SSSR count). The number of rotatable bonds is 2. The topological polar surface area (TPSA) is 12.5 Å². The van der Waals surface area contributed by atoms with Crippen LogP contribution in [0.5, 0.6) is 5.75 Å². The average molecular weight is 178 g/mol. The molecule has 63 valence electrons. The van der Waals surface area contributed by atoms with E-state index in [0.717, 1.165) is 16.6 Å². The number of ether oxygens (including phenoxy) is 1. The van der Waals surface area contributed by atoms with Crippen molar-refractivity contribution in [3.8, 4) is 5.75 Å². The molecule has 0 aliphatic heterocycles. The molecule has 1 aromatic carbocycles. The summed E-state index contributed by atoms with van der Waals surface area (Å²) in [6.07, 6.45) is 0. The summed E-state index contributed by atoms with van der Waals surface area (Å²) in [4.78, 5) is 2.02. The van der Waals surface area contributed by atoms with Gasteiger partial charge in [-0.05, 0) is 12.1 Å². The van der Waals surface area contributed by atoms with Gasteiger partial charge in [-0.25, -0.2) is 0 Å². The molecule has 0 unspecified atom stereocenters. The van der Waals surface area contributed by atoms with Crippen molar-refractivity contribution in [1.29, 1.82) is 0 Å². The van der Waals surface area contributed by atoms with E-state index in [4.69, 9.17) is 4.74 Å². The fraction of sp³-hybridized carbons (Fsp3) is 0.333. The van der Waals surface area contributed by atoms with Crippen LogP contribution < -0.4 is 14.8 Å². The molecule has 12 heavy (non-hydrogen) atoms. The van der Waals surface area contributed by atoms with E-state index < -0.39 is 0 Å². The lowest BCUT2D eigenvalue weighted by Gasteiger charge is -2.16. The summed E-state index contributed by atoms with van der Waals surface area (Å²) in [7, 11) is 9.12. The number of anilines is 1. The van der Waals surface area contributed by atoms with Crippen LogP contribution in [0.1, 0.15) is 0 Å². The Balaban J connectivity index is 3.12. The molecule has 0 aliphatic rings. The van der Waals surface area contributed by atoms with E-state index in [9.17, 15) is 0 Å². The molecule has 0 amide bonds. The quantitative estimate of drug-likeness (QED) is 0.613. The van der Waals surface area contributed by atoms with E-state index in [0.29, 0.717) is 0 Å². The third-order valence-electron chi connectivity index (χ3n) is 1.66. The molecule has 0 fully saturated rings. The Morgan fingerprint density at radius 1 is 1.33 bits per heavy atom. The molecular formula is C9H12NOSi. The van der Waals surface area contributed by atoms with Gasteiger partial charge in [-0.3, -0.25) is 0 Å². The largest absolute Gasteiger partial charge is 0.495 e. The molecule has 0 aliphatic carbocycles. The first-order valence-electron chi connectivity index (χ1n) is 3.72. The highest BCUT2D eigenvalue weighted by Crippen LogP contribution is 2.24. The van der Waals surface area contributed by atoms with E-state index in [1.807, 2.05) is 37.2 Å². The standard InChI is InChI=1S/C9H12NOSi/c1-10(2)8-6-7(12)4-5-9(8)11-3/h4-6H,1-3H3. The van der Waals surface area contributed by atoms with Gasteiger partial charge in [0.05, 0.1) is 23.0 Å². The first-order valence-corrected chi connectivity index (χ1v) is 4.22. The summed E-state index contributed by atoms with van der Waals surface area (Å²) in [5, 5.41) is 1.06. The molecule has 1 aromatic rings. The van der Waals surface area contributed by atoms with Crippen LogP contribution in [0.3, 0.4) is 0 Å². The summed E-state index contributed by atoms with van der Waals surface area (Å²) in [5.41, 5.74) is 1.07. The van der Waals surface area contributed by atoms with Crippen molar-refractivity contribution in [2.75, 3.05) is 26.1 Å². The molecular weight excluding hydrogens is 166 g/mol. The SMILES string of the molecule is COc1ccc([Si])cc1N(C)C. The maximum Gasteiger partial charge on any atom is 0.142 e. The van der Waals surface area contributed by atoms with Gasteiger partial charge in [-0.15, -0.1) is 0 Å². The summed E-state index contributed by atoms with van der Waals surface area (Å²) in [6, 6.07) is 5.93. The van der Waals surface area contributed by atoms with Crippen LogP contribution in [0.25, 0.3) is 0 Å². The van der Waals surface area contributed by atoms with Crippen molar-refractivity contribution in [3.63, 3.8) is 0 Å². The lowest BCUT2D eigenvalue weighted by Crippen LogP contribution is -2.13. The fourth-order valence-corrected chi connectivity index (χ4v) is 1.26. The first kappa shape index (κ1) is 9.13. The molecule has 0 atom stereocenters. The van der Waals surface area contributed by atoms with Gasteiger partial charge >= 0.3 is 0 Å². The third-order valence-corrected chi connectivity index (χ3v) is 1.97. The Bertz CT molecular complexity index is 273. The number of methoxy groups -OCH3 is 1. The van der Waals surface area contributed by atoms with E-state index in [-0.39, 0.29) is 0 Å². The predicted molar refractivity (Wildman–Crippen MR) is 52.7 cm³/mol. The molecule has 3 radical (unpaired) electrons. The minimum absolute atomic E-state index is 0.891. The fourth-order valence-electron chi connectivity index (χ4n) is 1.04. The van der Waals surface area contributed by atoms with Crippen LogP contribution >= 0.6 is 0 Å². The van der Waals surface area contributed by atoms with Gasteiger partial charge in [-0.1, -0.05) is 11.3 Å². The lowest BCUT2D eigenvalue weighted by molar-refractivity contribution is 0.415. The minimum Gasteiger partial charge on any atom is -0.495 e. The van der Waals surface area contributed by atoms with E-state index in [1.165, 1.54) is 0 Å². The van der Waals surface area contributed by atoms with Crippen molar-refractivity contribution >= 4 is 21.1 Å². The van der Waals surface area contributed by atoms with E-state index >= 15 is 0 Å². The van der Waals surface area contributed by atoms with Gasteiger partial charge < -0.3 is 9.64 Å². The molecule has 0 bridgehead atoms. The number of hydrogen-bond donors (Lipinski definition) is 0. The van der Waals surface area contributed by atoms with E-state index in [1.54, 1.807) is 7.11 Å². The third kappa shape index (κ3) is 1.79. The lowest BCUT2D eigenvalue weighted by atomic mass is 10.3.